The standard InChI is InChI=1S/C12H16FNO2/c1-4-10(12(15)14(2)3)16-11-8-6-5-7-9(11)13/h5-8,10H,4H2,1-3H3/t10-/m0/s1. The van der Waals surface area contributed by atoms with Gasteiger partial charge in [-0.15, -0.1) is 0 Å². The number of nitrogens with zero attached hydrogens (tertiary/aromatic N) is 1. The Morgan fingerprint density at radius 2 is 2.06 bits per heavy atom. The molecule has 1 rings (SSSR count). The van der Waals surface area contributed by atoms with E-state index in [1.54, 1.807) is 26.2 Å². The van der Waals surface area contributed by atoms with Gasteiger partial charge in [-0.05, 0) is 18.6 Å². The van der Waals surface area contributed by atoms with E-state index in [1.165, 1.54) is 17.0 Å². The lowest BCUT2D eigenvalue weighted by Crippen LogP contribution is -2.37. The third-order valence-electron chi connectivity index (χ3n) is 2.19. The Morgan fingerprint density at radius 3 is 2.56 bits per heavy atom. The van der Waals surface area contributed by atoms with Crippen LogP contribution in [0.5, 0.6) is 5.75 Å². The normalized spacial score (nSPS) is 12.0. The van der Waals surface area contributed by atoms with Gasteiger partial charge in [0.25, 0.3) is 5.91 Å². The summed E-state index contributed by atoms with van der Waals surface area (Å²) in [5, 5.41) is 0. The molecule has 0 aliphatic carbocycles. The molecule has 0 saturated carbocycles. The van der Waals surface area contributed by atoms with E-state index in [2.05, 4.69) is 0 Å². The largest absolute Gasteiger partial charge is 0.478 e. The van der Waals surface area contributed by atoms with Crippen molar-refractivity contribution in [3.8, 4) is 5.75 Å². The van der Waals surface area contributed by atoms with Gasteiger partial charge in [0.05, 0.1) is 0 Å². The van der Waals surface area contributed by atoms with E-state index in [-0.39, 0.29) is 11.7 Å². The highest BCUT2D eigenvalue weighted by Crippen LogP contribution is 2.18. The van der Waals surface area contributed by atoms with Gasteiger partial charge in [0, 0.05) is 14.1 Å². The van der Waals surface area contributed by atoms with Gasteiger partial charge in [-0.25, -0.2) is 4.39 Å². The summed E-state index contributed by atoms with van der Waals surface area (Å²) >= 11 is 0. The number of likely N-dealkylation sites (N-methyl/N-ethyl adjacent to an activating group) is 1. The summed E-state index contributed by atoms with van der Waals surface area (Å²) < 4.78 is 18.7. The minimum Gasteiger partial charge on any atom is -0.478 e. The van der Waals surface area contributed by atoms with Crippen LogP contribution in [0.15, 0.2) is 24.3 Å². The van der Waals surface area contributed by atoms with Gasteiger partial charge in [-0.1, -0.05) is 19.1 Å². The van der Waals surface area contributed by atoms with E-state index in [0.29, 0.717) is 6.42 Å². The van der Waals surface area contributed by atoms with Crippen molar-refractivity contribution in [2.45, 2.75) is 19.4 Å². The van der Waals surface area contributed by atoms with Crippen molar-refractivity contribution in [3.05, 3.63) is 30.1 Å². The Balaban J connectivity index is 2.78. The first-order chi connectivity index (χ1) is 7.56. The third-order valence-corrected chi connectivity index (χ3v) is 2.19. The van der Waals surface area contributed by atoms with Crippen molar-refractivity contribution in [3.63, 3.8) is 0 Å². The van der Waals surface area contributed by atoms with E-state index in [9.17, 15) is 9.18 Å². The van der Waals surface area contributed by atoms with Gasteiger partial charge in [0.15, 0.2) is 17.7 Å². The Kier molecular flexibility index (Phi) is 4.28. The van der Waals surface area contributed by atoms with Crippen LogP contribution < -0.4 is 4.74 Å². The van der Waals surface area contributed by atoms with Crippen LogP contribution in [0.4, 0.5) is 4.39 Å². The highest BCUT2D eigenvalue weighted by Gasteiger charge is 2.21. The fourth-order valence-electron chi connectivity index (χ4n) is 1.29. The smallest absolute Gasteiger partial charge is 0.263 e. The van der Waals surface area contributed by atoms with Crippen LogP contribution in [0, 0.1) is 5.82 Å². The molecular formula is C12H16FNO2. The van der Waals surface area contributed by atoms with Crippen LogP contribution in [0.3, 0.4) is 0 Å². The van der Waals surface area contributed by atoms with E-state index in [4.69, 9.17) is 4.74 Å². The van der Waals surface area contributed by atoms with Crippen LogP contribution in [-0.4, -0.2) is 31.0 Å². The predicted molar refractivity (Wildman–Crippen MR) is 59.8 cm³/mol. The van der Waals surface area contributed by atoms with Crippen LogP contribution >= 0.6 is 0 Å². The van der Waals surface area contributed by atoms with Crippen LogP contribution in [-0.2, 0) is 4.79 Å². The molecule has 0 N–H and O–H groups in total. The minimum absolute atomic E-state index is 0.115. The summed E-state index contributed by atoms with van der Waals surface area (Å²) in [6, 6.07) is 6.07. The zero-order valence-corrected chi connectivity index (χ0v) is 9.74. The molecule has 0 radical (unpaired) electrons. The second-order valence-corrected chi connectivity index (χ2v) is 3.68. The maximum absolute atomic E-state index is 13.3. The summed E-state index contributed by atoms with van der Waals surface area (Å²) in [5.74, 6) is -0.497. The molecule has 88 valence electrons. The molecule has 0 fully saturated rings. The molecule has 0 heterocycles. The summed E-state index contributed by atoms with van der Waals surface area (Å²) in [5.41, 5.74) is 0. The summed E-state index contributed by atoms with van der Waals surface area (Å²) in [6.07, 6.45) is -0.127. The van der Waals surface area contributed by atoms with Crippen molar-refractivity contribution in [2.75, 3.05) is 14.1 Å². The van der Waals surface area contributed by atoms with Crippen molar-refractivity contribution >= 4 is 5.91 Å². The van der Waals surface area contributed by atoms with Gasteiger partial charge in [0.2, 0.25) is 0 Å². The molecule has 1 aromatic rings. The number of para-hydroxylation sites is 1. The molecule has 3 nitrogen and oxygen atoms in total. The zero-order valence-electron chi connectivity index (χ0n) is 9.74. The van der Waals surface area contributed by atoms with E-state index >= 15 is 0 Å². The lowest BCUT2D eigenvalue weighted by Gasteiger charge is -2.20. The lowest BCUT2D eigenvalue weighted by atomic mass is 10.2. The number of halogens is 1. The highest BCUT2D eigenvalue weighted by molar-refractivity contribution is 5.80. The molecule has 0 bridgehead atoms. The van der Waals surface area contributed by atoms with Gasteiger partial charge in [-0.3, -0.25) is 4.79 Å². The second kappa shape index (κ2) is 5.49. The summed E-state index contributed by atoms with van der Waals surface area (Å²) in [4.78, 5) is 13.1. The van der Waals surface area contributed by atoms with Crippen molar-refractivity contribution in [1.82, 2.24) is 4.90 Å². The van der Waals surface area contributed by atoms with Crippen LogP contribution in [0.1, 0.15) is 13.3 Å². The molecule has 0 aromatic heterocycles. The molecule has 1 amide bonds. The number of rotatable bonds is 4. The molecule has 4 heteroatoms. The maximum atomic E-state index is 13.3. The molecule has 0 spiro atoms. The second-order valence-electron chi connectivity index (χ2n) is 3.68. The first kappa shape index (κ1) is 12.5. The average Bonchev–Trinajstić information content (AvgIpc) is 2.27. The molecule has 0 aliphatic heterocycles. The topological polar surface area (TPSA) is 29.5 Å². The summed E-state index contributed by atoms with van der Waals surface area (Å²) in [7, 11) is 3.30. The number of hydrogen-bond donors (Lipinski definition) is 0. The van der Waals surface area contributed by atoms with Gasteiger partial charge in [0.1, 0.15) is 0 Å². The van der Waals surface area contributed by atoms with Crippen molar-refractivity contribution < 1.29 is 13.9 Å². The Hall–Kier alpha value is -1.58. The van der Waals surface area contributed by atoms with Gasteiger partial charge >= 0.3 is 0 Å². The number of carbonyl (C=O) groups is 1. The van der Waals surface area contributed by atoms with Crippen molar-refractivity contribution in [1.29, 1.82) is 0 Å². The Labute approximate surface area is 94.8 Å². The monoisotopic (exact) mass is 225 g/mol. The minimum atomic E-state index is -0.633. The predicted octanol–water partition coefficient (Wildman–Crippen LogP) is 2.07. The van der Waals surface area contributed by atoms with E-state index in [0.717, 1.165) is 0 Å². The molecule has 0 saturated heterocycles. The molecule has 0 unspecified atom stereocenters. The number of benzene rings is 1. The SMILES string of the molecule is CC[C@H](Oc1ccccc1F)C(=O)N(C)C. The zero-order chi connectivity index (χ0) is 12.1. The van der Waals surface area contributed by atoms with E-state index in [1.807, 2.05) is 6.92 Å². The first-order valence-electron chi connectivity index (χ1n) is 5.18. The summed E-state index contributed by atoms with van der Waals surface area (Å²) in [6.45, 7) is 1.83. The first-order valence-corrected chi connectivity index (χ1v) is 5.18. The quantitative estimate of drug-likeness (QED) is 0.785. The van der Waals surface area contributed by atoms with Crippen LogP contribution in [0.2, 0.25) is 0 Å². The third kappa shape index (κ3) is 2.95. The number of ether oxygens (including phenoxy) is 1. The molecular weight excluding hydrogens is 209 g/mol. The maximum Gasteiger partial charge on any atom is 0.263 e. The number of hydrogen-bond acceptors (Lipinski definition) is 2. The Bertz CT molecular complexity index is 366. The number of carbonyl (C=O) groups excluding carboxylic acids is 1. The van der Waals surface area contributed by atoms with E-state index < -0.39 is 11.9 Å². The number of amides is 1. The molecule has 1 aromatic carbocycles. The lowest BCUT2D eigenvalue weighted by molar-refractivity contribution is -0.136. The fraction of sp³-hybridized carbons (Fsp3) is 0.417. The average molecular weight is 225 g/mol. The molecule has 1 atom stereocenters. The highest BCUT2D eigenvalue weighted by atomic mass is 19.1. The van der Waals surface area contributed by atoms with Gasteiger partial charge in [-0.2, -0.15) is 0 Å². The fourth-order valence-corrected chi connectivity index (χ4v) is 1.29. The van der Waals surface area contributed by atoms with Crippen LogP contribution in [0.25, 0.3) is 0 Å². The van der Waals surface area contributed by atoms with Gasteiger partial charge < -0.3 is 9.64 Å². The Morgan fingerprint density at radius 1 is 1.44 bits per heavy atom. The molecule has 0 aliphatic rings. The molecule has 16 heavy (non-hydrogen) atoms. The van der Waals surface area contributed by atoms with Crippen molar-refractivity contribution in [2.24, 2.45) is 0 Å².